The number of hydrogen-bond acceptors (Lipinski definition) is 2. The molecule has 1 aliphatic heterocycles. The molecule has 1 rings (SSSR count). The van der Waals surface area contributed by atoms with Gasteiger partial charge in [0, 0.05) is 5.92 Å². The van der Waals surface area contributed by atoms with Crippen LogP contribution in [0.1, 0.15) is 71.1 Å². The molecular weight excluding hydrogens is 234 g/mol. The van der Waals surface area contributed by atoms with Crippen LogP contribution in [0.15, 0.2) is 0 Å². The van der Waals surface area contributed by atoms with Crippen LogP contribution in [0, 0.1) is 11.3 Å². The maximum atomic E-state index is 7.48. The summed E-state index contributed by atoms with van der Waals surface area (Å²) in [5.74, 6) is 0.751. The summed E-state index contributed by atoms with van der Waals surface area (Å²) in [5, 5.41) is 7.48. The number of nitrogens with one attached hydrogen (secondary N) is 1. The maximum Gasteiger partial charge on any atom is 0.0937 e. The highest BCUT2D eigenvalue weighted by molar-refractivity contribution is 5.79. The molecule has 1 saturated heterocycles. The van der Waals surface area contributed by atoms with E-state index in [9.17, 15) is 0 Å². The summed E-state index contributed by atoms with van der Waals surface area (Å²) in [6, 6.07) is 0. The standard InChI is InChI=1S/C16H33N3/c1-2-3-4-5-6-7-8-9-12-19-13-10-15(11-14-19)16(17)18/h15H,2-14H2,1H3,(H3,17,18). The third-order valence-corrected chi connectivity index (χ3v) is 4.36. The summed E-state index contributed by atoms with van der Waals surface area (Å²) < 4.78 is 0. The van der Waals surface area contributed by atoms with Crippen LogP contribution in [-0.2, 0) is 0 Å². The van der Waals surface area contributed by atoms with Gasteiger partial charge in [0.2, 0.25) is 0 Å². The molecule has 0 aliphatic carbocycles. The van der Waals surface area contributed by atoms with Gasteiger partial charge in [-0.05, 0) is 38.9 Å². The van der Waals surface area contributed by atoms with Crippen molar-refractivity contribution in [3.8, 4) is 0 Å². The summed E-state index contributed by atoms with van der Waals surface area (Å²) >= 11 is 0. The van der Waals surface area contributed by atoms with Crippen LogP contribution < -0.4 is 5.73 Å². The minimum Gasteiger partial charge on any atom is -0.387 e. The molecule has 0 atom stereocenters. The van der Waals surface area contributed by atoms with Crippen LogP contribution in [0.5, 0.6) is 0 Å². The lowest BCUT2D eigenvalue weighted by atomic mass is 9.95. The van der Waals surface area contributed by atoms with Gasteiger partial charge in [0.25, 0.3) is 0 Å². The molecule has 0 unspecified atom stereocenters. The molecule has 1 fully saturated rings. The van der Waals surface area contributed by atoms with Crippen molar-refractivity contribution in [3.63, 3.8) is 0 Å². The van der Waals surface area contributed by atoms with Gasteiger partial charge in [0.1, 0.15) is 0 Å². The number of hydrogen-bond donors (Lipinski definition) is 2. The third-order valence-electron chi connectivity index (χ3n) is 4.36. The largest absolute Gasteiger partial charge is 0.387 e. The number of nitrogens with zero attached hydrogens (tertiary/aromatic N) is 1. The molecule has 0 saturated carbocycles. The molecule has 3 nitrogen and oxygen atoms in total. The lowest BCUT2D eigenvalue weighted by molar-refractivity contribution is 0.204. The average Bonchev–Trinajstić information content (AvgIpc) is 2.42. The first-order valence-corrected chi connectivity index (χ1v) is 8.30. The fourth-order valence-electron chi connectivity index (χ4n) is 2.94. The van der Waals surface area contributed by atoms with Gasteiger partial charge in [-0.15, -0.1) is 0 Å². The molecule has 0 bridgehead atoms. The Labute approximate surface area is 119 Å². The summed E-state index contributed by atoms with van der Waals surface area (Å²) in [6.07, 6.45) is 13.4. The molecule has 0 spiro atoms. The Balaban J connectivity index is 1.89. The first-order chi connectivity index (χ1) is 9.24. The molecule has 0 amide bonds. The van der Waals surface area contributed by atoms with Gasteiger partial charge in [-0.3, -0.25) is 5.41 Å². The molecule has 0 radical (unpaired) electrons. The smallest absolute Gasteiger partial charge is 0.0937 e. The highest BCUT2D eigenvalue weighted by atomic mass is 15.1. The lowest BCUT2D eigenvalue weighted by Gasteiger charge is -2.31. The van der Waals surface area contributed by atoms with Crippen molar-refractivity contribution in [2.45, 2.75) is 71.1 Å². The third kappa shape index (κ3) is 7.56. The quantitative estimate of drug-likeness (QED) is 0.359. The van der Waals surface area contributed by atoms with E-state index in [4.69, 9.17) is 11.1 Å². The van der Waals surface area contributed by atoms with E-state index in [1.54, 1.807) is 0 Å². The predicted molar refractivity (Wildman–Crippen MR) is 83.7 cm³/mol. The highest BCUT2D eigenvalue weighted by Gasteiger charge is 2.20. The first kappa shape index (κ1) is 16.5. The summed E-state index contributed by atoms with van der Waals surface area (Å²) in [5.41, 5.74) is 5.57. The highest BCUT2D eigenvalue weighted by Crippen LogP contribution is 2.17. The second-order valence-electron chi connectivity index (χ2n) is 6.05. The Bertz CT molecular complexity index is 232. The number of rotatable bonds is 10. The number of piperidine rings is 1. The predicted octanol–water partition coefficient (Wildman–Crippen LogP) is 3.78. The maximum absolute atomic E-state index is 7.48. The van der Waals surface area contributed by atoms with Crippen molar-refractivity contribution in [1.29, 1.82) is 5.41 Å². The van der Waals surface area contributed by atoms with Crippen molar-refractivity contribution < 1.29 is 0 Å². The molecule has 0 aromatic rings. The van der Waals surface area contributed by atoms with Crippen molar-refractivity contribution in [3.05, 3.63) is 0 Å². The molecular formula is C16H33N3. The van der Waals surface area contributed by atoms with Crippen LogP contribution in [0.2, 0.25) is 0 Å². The van der Waals surface area contributed by atoms with E-state index in [1.165, 1.54) is 57.9 Å². The van der Waals surface area contributed by atoms with Gasteiger partial charge in [0.15, 0.2) is 0 Å². The van der Waals surface area contributed by atoms with Gasteiger partial charge < -0.3 is 10.6 Å². The number of nitrogens with two attached hydrogens (primary N) is 1. The molecule has 0 aromatic carbocycles. The molecule has 3 heteroatoms. The number of amidine groups is 1. The molecule has 112 valence electrons. The van der Waals surface area contributed by atoms with E-state index >= 15 is 0 Å². The van der Waals surface area contributed by atoms with E-state index in [-0.39, 0.29) is 0 Å². The second-order valence-corrected chi connectivity index (χ2v) is 6.05. The van der Waals surface area contributed by atoms with Crippen LogP contribution in [0.3, 0.4) is 0 Å². The van der Waals surface area contributed by atoms with Crippen molar-refractivity contribution in [2.24, 2.45) is 11.7 Å². The van der Waals surface area contributed by atoms with Gasteiger partial charge in [-0.2, -0.15) is 0 Å². The van der Waals surface area contributed by atoms with Gasteiger partial charge in [-0.1, -0.05) is 51.9 Å². The fraction of sp³-hybridized carbons (Fsp3) is 0.938. The van der Waals surface area contributed by atoms with Crippen molar-refractivity contribution >= 4 is 5.84 Å². The zero-order chi connectivity index (χ0) is 13.9. The van der Waals surface area contributed by atoms with Crippen LogP contribution in [0.25, 0.3) is 0 Å². The van der Waals surface area contributed by atoms with Crippen LogP contribution in [-0.4, -0.2) is 30.4 Å². The minimum absolute atomic E-state index is 0.356. The Morgan fingerprint density at radius 1 is 1.00 bits per heavy atom. The molecule has 1 aliphatic rings. The summed E-state index contributed by atoms with van der Waals surface area (Å²) in [6.45, 7) is 5.80. The molecule has 1 heterocycles. The Morgan fingerprint density at radius 3 is 2.05 bits per heavy atom. The van der Waals surface area contributed by atoms with Crippen LogP contribution >= 0.6 is 0 Å². The minimum atomic E-state index is 0.356. The van der Waals surface area contributed by atoms with Crippen molar-refractivity contribution in [2.75, 3.05) is 19.6 Å². The van der Waals surface area contributed by atoms with E-state index < -0.39 is 0 Å². The Kier molecular flexibility index (Phi) is 8.89. The van der Waals surface area contributed by atoms with Gasteiger partial charge >= 0.3 is 0 Å². The fourth-order valence-corrected chi connectivity index (χ4v) is 2.94. The van der Waals surface area contributed by atoms with Gasteiger partial charge in [0.05, 0.1) is 5.84 Å². The lowest BCUT2D eigenvalue weighted by Crippen LogP contribution is -2.38. The second kappa shape index (κ2) is 10.2. The summed E-state index contributed by atoms with van der Waals surface area (Å²) in [4.78, 5) is 2.55. The zero-order valence-corrected chi connectivity index (χ0v) is 12.8. The van der Waals surface area contributed by atoms with Gasteiger partial charge in [-0.25, -0.2) is 0 Å². The Morgan fingerprint density at radius 2 is 1.53 bits per heavy atom. The first-order valence-electron chi connectivity index (χ1n) is 8.30. The molecule has 19 heavy (non-hydrogen) atoms. The van der Waals surface area contributed by atoms with E-state index in [0.29, 0.717) is 11.8 Å². The molecule has 0 aromatic heterocycles. The SMILES string of the molecule is CCCCCCCCCCN1CCC(C(=N)N)CC1. The normalized spacial score (nSPS) is 17.7. The monoisotopic (exact) mass is 267 g/mol. The van der Waals surface area contributed by atoms with E-state index in [0.717, 1.165) is 25.9 Å². The van der Waals surface area contributed by atoms with E-state index in [1.807, 2.05) is 0 Å². The van der Waals surface area contributed by atoms with E-state index in [2.05, 4.69) is 11.8 Å². The topological polar surface area (TPSA) is 53.1 Å². The van der Waals surface area contributed by atoms with Crippen LogP contribution in [0.4, 0.5) is 0 Å². The summed E-state index contributed by atoms with van der Waals surface area (Å²) in [7, 11) is 0. The number of unbranched alkanes of at least 4 members (excludes halogenated alkanes) is 7. The zero-order valence-electron chi connectivity index (χ0n) is 12.8. The molecule has 3 N–H and O–H groups in total. The Hall–Kier alpha value is -0.570. The number of likely N-dealkylation sites (tertiary alicyclic amines) is 1. The average molecular weight is 267 g/mol. The van der Waals surface area contributed by atoms with Crippen molar-refractivity contribution in [1.82, 2.24) is 4.90 Å².